The van der Waals surface area contributed by atoms with Crippen LogP contribution in [0, 0.1) is 28.6 Å². The lowest BCUT2D eigenvalue weighted by Gasteiger charge is -2.29. The molecule has 3 N–H and O–H groups in total. The van der Waals surface area contributed by atoms with E-state index in [4.69, 9.17) is 36.6 Å². The number of nitrogens with one attached hydrogen (secondary N) is 3. The molecule has 0 bridgehead atoms. The van der Waals surface area contributed by atoms with E-state index in [1.807, 2.05) is 12.1 Å². The standard InChI is InChI=1S/C38H40F2N12O12P2/c1-20(2)33(53)49-38-48-32-27(35(55)50-38)46-19-52(32)37-25(40)29-22(61-37)15-59-65(3,57-13-7-11-41)63-28-23(16-60-66(56,64-29)58-14-8-12-42)62-36(24(28)39)51-18-45-26-30(43-17-44-31(26)51)47-34(54)21-9-5-4-6-10-21/h4-6,9-10,17-20,22-25,28-29,36-37H,7-8,13-16H2,1-3H3,(H2-,43,44,47,48,49,50,53,54,55)/p+1/t22-,23-,24-,25-,28-,29-,36-,37-,65?,66?/m1/s1. The van der Waals surface area contributed by atoms with Gasteiger partial charge in [0.05, 0.1) is 50.8 Å². The first-order chi connectivity index (χ1) is 31.7. The fourth-order valence-electron chi connectivity index (χ4n) is 7.09. The van der Waals surface area contributed by atoms with E-state index in [2.05, 4.69) is 40.5 Å². The van der Waals surface area contributed by atoms with Gasteiger partial charge < -0.3 is 14.8 Å². The van der Waals surface area contributed by atoms with E-state index in [1.54, 1.807) is 44.2 Å². The Kier molecular flexibility index (Phi) is 13.9. The van der Waals surface area contributed by atoms with Crippen molar-refractivity contribution in [1.82, 2.24) is 39.0 Å². The van der Waals surface area contributed by atoms with Crippen LogP contribution in [0.15, 0.2) is 54.1 Å². The maximum Gasteiger partial charge on any atom is 0.475 e. The fourth-order valence-corrected chi connectivity index (χ4v) is 10.2. The molecule has 0 spiro atoms. The predicted molar refractivity (Wildman–Crippen MR) is 223 cm³/mol. The van der Waals surface area contributed by atoms with E-state index >= 15 is 8.78 Å². The van der Waals surface area contributed by atoms with Gasteiger partial charge in [-0.2, -0.15) is 29.1 Å². The Labute approximate surface area is 373 Å². The quantitative estimate of drug-likeness (QED) is 0.115. The van der Waals surface area contributed by atoms with Crippen LogP contribution in [0.25, 0.3) is 22.3 Å². The molecule has 24 nitrogen and oxygen atoms in total. The number of hydrogen-bond acceptors (Lipinski definition) is 19. The first-order valence-corrected chi connectivity index (χ1v) is 23.7. The highest BCUT2D eigenvalue weighted by atomic mass is 31.2. The lowest BCUT2D eigenvalue weighted by atomic mass is 10.1. The molecule has 66 heavy (non-hydrogen) atoms. The maximum atomic E-state index is 17.1. The molecule has 3 aliphatic rings. The van der Waals surface area contributed by atoms with Gasteiger partial charge in [0.25, 0.3) is 11.5 Å². The molecule has 0 aliphatic carbocycles. The van der Waals surface area contributed by atoms with Crippen LogP contribution in [0.5, 0.6) is 0 Å². The van der Waals surface area contributed by atoms with Gasteiger partial charge in [-0.25, -0.2) is 33.3 Å². The number of rotatable bonds is 12. The van der Waals surface area contributed by atoms with E-state index in [9.17, 15) is 29.5 Å². The van der Waals surface area contributed by atoms with Crippen LogP contribution in [0.2, 0.25) is 0 Å². The van der Waals surface area contributed by atoms with E-state index in [0.29, 0.717) is 5.56 Å². The van der Waals surface area contributed by atoms with Crippen LogP contribution in [0.3, 0.4) is 0 Å². The summed E-state index contributed by atoms with van der Waals surface area (Å²) in [5, 5.41) is 23.7. The van der Waals surface area contributed by atoms with Crippen molar-refractivity contribution in [1.29, 1.82) is 10.5 Å². The summed E-state index contributed by atoms with van der Waals surface area (Å²) in [5.74, 6) is -1.69. The van der Waals surface area contributed by atoms with Crippen LogP contribution in [0.4, 0.5) is 20.5 Å². The van der Waals surface area contributed by atoms with Gasteiger partial charge in [0.2, 0.25) is 11.9 Å². The van der Waals surface area contributed by atoms with Crippen LogP contribution in [-0.4, -0.2) is 121 Å². The Morgan fingerprint density at radius 1 is 0.939 bits per heavy atom. The second-order valence-corrected chi connectivity index (χ2v) is 19.1. The average Bonchev–Trinajstić information content (AvgIpc) is 4.07. The molecule has 1 aromatic carbocycles. The van der Waals surface area contributed by atoms with Crippen molar-refractivity contribution < 1.29 is 59.6 Å². The zero-order valence-corrected chi connectivity index (χ0v) is 36.9. The predicted octanol–water partition coefficient (Wildman–Crippen LogP) is 4.46. The highest BCUT2D eigenvalue weighted by Crippen LogP contribution is 2.63. The van der Waals surface area contributed by atoms with Gasteiger partial charge in [0, 0.05) is 11.5 Å². The number of phosphoric ester groups is 1. The number of halogens is 2. The maximum absolute atomic E-state index is 17.1. The number of hydrogen-bond donors (Lipinski definition) is 3. The number of alkyl halides is 2. The van der Waals surface area contributed by atoms with E-state index < -0.39 is 108 Å². The molecular weight excluding hydrogens is 916 g/mol. The summed E-state index contributed by atoms with van der Waals surface area (Å²) >= 11 is 0. The van der Waals surface area contributed by atoms with Crippen molar-refractivity contribution in [2.24, 2.45) is 5.92 Å². The number of phosphoric acid groups is 1. The van der Waals surface area contributed by atoms with E-state index in [1.165, 1.54) is 17.6 Å². The first-order valence-electron chi connectivity index (χ1n) is 20.3. The summed E-state index contributed by atoms with van der Waals surface area (Å²) < 4.78 is 98.8. The summed E-state index contributed by atoms with van der Waals surface area (Å²) in [4.78, 5) is 61.9. The van der Waals surface area contributed by atoms with Gasteiger partial charge in [0.15, 0.2) is 59.0 Å². The second kappa shape index (κ2) is 19.6. The lowest BCUT2D eigenvalue weighted by Crippen LogP contribution is -2.38. The minimum Gasteiger partial charge on any atom is -0.346 e. The Morgan fingerprint density at radius 2 is 1.61 bits per heavy atom. The summed E-state index contributed by atoms with van der Waals surface area (Å²) in [5.41, 5.74) is -0.735. The summed E-state index contributed by atoms with van der Waals surface area (Å²) in [6.45, 7) is 2.46. The topological polar surface area (TPSA) is 304 Å². The fraction of sp³-hybridized carbons (Fsp3) is 0.474. The third-order valence-electron chi connectivity index (χ3n) is 10.3. The minimum absolute atomic E-state index is 0.0182. The monoisotopic (exact) mass is 957 g/mol. The van der Waals surface area contributed by atoms with Crippen molar-refractivity contribution in [3.8, 4) is 12.1 Å². The molecule has 5 aromatic rings. The van der Waals surface area contributed by atoms with Crippen molar-refractivity contribution >= 4 is 61.7 Å². The normalized spacial score (nSPS) is 29.0. The highest BCUT2D eigenvalue weighted by molar-refractivity contribution is 7.60. The largest absolute Gasteiger partial charge is 0.475 e. The zero-order valence-electron chi connectivity index (χ0n) is 35.1. The average molecular weight is 958 g/mol. The third-order valence-corrected chi connectivity index (χ3v) is 13.7. The van der Waals surface area contributed by atoms with Crippen molar-refractivity contribution in [3.05, 3.63) is 65.2 Å². The van der Waals surface area contributed by atoms with E-state index in [0.717, 1.165) is 17.2 Å². The van der Waals surface area contributed by atoms with Gasteiger partial charge in [-0.1, -0.05) is 32.0 Å². The Morgan fingerprint density at radius 3 is 2.32 bits per heavy atom. The summed E-state index contributed by atoms with van der Waals surface area (Å²) in [7, 11) is -8.72. The van der Waals surface area contributed by atoms with Crippen molar-refractivity contribution in [3.63, 3.8) is 0 Å². The number of benzene rings is 1. The number of carbonyl (C=O) groups is 2. The molecule has 2 amide bonds. The Balaban J connectivity index is 1.11. The number of nitrogens with zero attached hydrogens (tertiary/aromatic N) is 9. The number of nitriles is 2. The minimum atomic E-state index is -4.95. The van der Waals surface area contributed by atoms with Gasteiger partial charge in [-0.3, -0.25) is 47.4 Å². The third kappa shape index (κ3) is 9.70. The molecule has 7 heterocycles. The summed E-state index contributed by atoms with van der Waals surface area (Å²) in [6.07, 6.45) is -11.1. The van der Waals surface area contributed by atoms with Crippen LogP contribution >= 0.6 is 15.8 Å². The number of imidazole rings is 2. The van der Waals surface area contributed by atoms with E-state index in [-0.39, 0.29) is 53.5 Å². The number of anilines is 2. The van der Waals surface area contributed by atoms with Gasteiger partial charge in [0.1, 0.15) is 44.5 Å². The molecule has 4 aromatic heterocycles. The molecule has 0 saturated carbocycles. The number of ether oxygens (including phenoxy) is 2. The summed E-state index contributed by atoms with van der Waals surface area (Å²) in [6, 6.07) is 12.1. The Bertz CT molecular complexity index is 2790. The van der Waals surface area contributed by atoms with Crippen LogP contribution in [-0.2, 0) is 46.0 Å². The van der Waals surface area contributed by atoms with Gasteiger partial charge in [-0.05, 0) is 12.1 Å². The molecule has 2 unspecified atom stereocenters. The number of aromatic amines is 1. The smallest absolute Gasteiger partial charge is 0.346 e. The van der Waals surface area contributed by atoms with Crippen molar-refractivity contribution in [2.45, 2.75) is 75.9 Å². The van der Waals surface area contributed by atoms with Crippen LogP contribution in [0.1, 0.15) is 49.5 Å². The molecule has 8 rings (SSSR count). The van der Waals surface area contributed by atoms with Gasteiger partial charge >= 0.3 is 15.8 Å². The molecule has 3 aliphatic heterocycles. The highest BCUT2D eigenvalue weighted by Gasteiger charge is 2.59. The number of aromatic nitrogens is 8. The molecule has 3 saturated heterocycles. The molecular formula is C38H41F2N12O12P2+. The van der Waals surface area contributed by atoms with Crippen LogP contribution < -0.4 is 16.2 Å². The molecule has 10 atom stereocenters. The number of H-pyrrole nitrogens is 1. The number of amides is 2. The molecule has 3 fully saturated rings. The van der Waals surface area contributed by atoms with Gasteiger partial charge in [-0.15, -0.1) is 0 Å². The molecule has 28 heteroatoms. The second-order valence-electron chi connectivity index (χ2n) is 15.2. The van der Waals surface area contributed by atoms with Crippen molar-refractivity contribution in [2.75, 3.05) is 43.7 Å². The molecule has 348 valence electrons. The molecule has 0 radical (unpaired) electrons. The number of fused-ring (bicyclic) bond motifs is 4. The number of carbonyl (C=O) groups excluding carboxylic acids is 2. The Hall–Kier alpha value is -5.76. The first kappa shape index (κ1) is 46.8. The zero-order chi connectivity index (χ0) is 46.8. The lowest BCUT2D eigenvalue weighted by molar-refractivity contribution is -0.118. The SMILES string of the molecule is CC(C)C(=O)Nc1nc2c(ncn2[C@@H]2O[C@@H]3CO[P+](C)(OCCC#N)O[C@H]4[C@@H](F)[C@H](n5cnc6c(NC(=O)c7ccccc7)ncnc65)O[C@@H]4COP(=O)(OCCC#N)O[C@H]3[C@H]2F)c(=O)[nH]1.